The number of halogens is 3. The van der Waals surface area contributed by atoms with Crippen molar-refractivity contribution in [3.05, 3.63) is 34.4 Å². The number of carbonyl (C=O) groups excluding carboxylic acids is 1. The molecule has 0 fully saturated rings. The van der Waals surface area contributed by atoms with Gasteiger partial charge in [0.05, 0.1) is 23.8 Å². The summed E-state index contributed by atoms with van der Waals surface area (Å²) in [6.45, 7) is 1.79. The zero-order valence-electron chi connectivity index (χ0n) is 9.54. The van der Waals surface area contributed by atoms with Gasteiger partial charge in [-0.1, -0.05) is 15.9 Å². The number of hydrogen-bond acceptors (Lipinski definition) is 3. The molecule has 0 radical (unpaired) electrons. The molecule has 1 rings (SSSR count). The topological polar surface area (TPSA) is 50.1 Å². The average Bonchev–Trinajstić information content (AvgIpc) is 2.36. The van der Waals surface area contributed by atoms with Gasteiger partial charge < -0.3 is 4.74 Å². The monoisotopic (exact) mass is 317 g/mol. The molecule has 0 aliphatic rings. The summed E-state index contributed by atoms with van der Waals surface area (Å²) in [7, 11) is 0. The largest absolute Gasteiger partial charge is 0.462 e. The van der Waals surface area contributed by atoms with E-state index < -0.39 is 18.0 Å². The fraction of sp³-hybridized carbons (Fsp3) is 0.333. The number of benzene rings is 1. The van der Waals surface area contributed by atoms with Crippen LogP contribution in [-0.2, 0) is 10.1 Å². The Labute approximate surface area is 111 Å². The predicted molar refractivity (Wildman–Crippen MR) is 64.7 cm³/mol. The van der Waals surface area contributed by atoms with E-state index >= 15 is 0 Å². The summed E-state index contributed by atoms with van der Waals surface area (Å²) in [6, 6.07) is 4.24. The Morgan fingerprint density at radius 3 is 2.67 bits per heavy atom. The maximum atomic E-state index is 13.0. The van der Waals surface area contributed by atoms with Crippen LogP contribution in [-0.4, -0.2) is 12.6 Å². The first-order chi connectivity index (χ1) is 8.56. The maximum Gasteiger partial charge on any atom is 0.338 e. The van der Waals surface area contributed by atoms with Crippen LogP contribution in [0.4, 0.5) is 8.78 Å². The summed E-state index contributed by atoms with van der Waals surface area (Å²) in [6.07, 6.45) is -2.82. The third-order valence-corrected chi connectivity index (χ3v) is 2.89. The first-order valence-corrected chi connectivity index (χ1v) is 6.26. The van der Waals surface area contributed by atoms with Crippen LogP contribution in [0.25, 0.3) is 0 Å². The lowest BCUT2D eigenvalue weighted by Crippen LogP contribution is -2.11. The van der Waals surface area contributed by atoms with Crippen LogP contribution >= 0.6 is 15.9 Å². The molecule has 0 saturated heterocycles. The molecule has 0 aromatic heterocycles. The first kappa shape index (κ1) is 14.6. The van der Waals surface area contributed by atoms with Crippen LogP contribution < -0.4 is 0 Å². The van der Waals surface area contributed by atoms with E-state index in [-0.39, 0.29) is 28.6 Å². The summed E-state index contributed by atoms with van der Waals surface area (Å²) in [5.41, 5.74) is -0.391. The van der Waals surface area contributed by atoms with Crippen molar-refractivity contribution in [1.29, 1.82) is 5.26 Å². The van der Waals surface area contributed by atoms with Crippen molar-refractivity contribution in [3.63, 3.8) is 0 Å². The van der Waals surface area contributed by atoms with Crippen LogP contribution in [0.5, 0.6) is 0 Å². The SMILES string of the molecule is CCOC(=O)c1ccc(C#N)c(C(F)F)c1CBr. The second-order valence-electron chi connectivity index (χ2n) is 3.32. The lowest BCUT2D eigenvalue weighted by atomic mass is 9.97. The highest BCUT2D eigenvalue weighted by atomic mass is 79.9. The minimum atomic E-state index is -2.82. The van der Waals surface area contributed by atoms with E-state index in [1.165, 1.54) is 12.1 Å². The highest BCUT2D eigenvalue weighted by molar-refractivity contribution is 9.08. The first-order valence-electron chi connectivity index (χ1n) is 5.13. The Hall–Kier alpha value is -1.48. The normalized spacial score (nSPS) is 10.2. The lowest BCUT2D eigenvalue weighted by molar-refractivity contribution is 0.0525. The summed E-state index contributed by atoms with van der Waals surface area (Å²) >= 11 is 3.06. The summed E-state index contributed by atoms with van der Waals surface area (Å²) in [5, 5.41) is 8.86. The third kappa shape index (κ3) is 2.85. The second kappa shape index (κ2) is 6.45. The van der Waals surface area contributed by atoms with Crippen molar-refractivity contribution in [2.24, 2.45) is 0 Å². The molecule has 0 spiro atoms. The molecule has 0 N–H and O–H groups in total. The summed E-state index contributed by atoms with van der Waals surface area (Å²) in [4.78, 5) is 11.6. The van der Waals surface area contributed by atoms with E-state index in [1.54, 1.807) is 13.0 Å². The van der Waals surface area contributed by atoms with Gasteiger partial charge in [0, 0.05) is 10.9 Å². The van der Waals surface area contributed by atoms with Crippen LogP contribution in [0.15, 0.2) is 12.1 Å². The number of nitrogens with zero attached hydrogens (tertiary/aromatic N) is 1. The summed E-state index contributed by atoms with van der Waals surface area (Å²) < 4.78 is 30.7. The molecule has 0 unspecified atom stereocenters. The Balaban J connectivity index is 3.43. The fourth-order valence-corrected chi connectivity index (χ4v) is 2.16. The van der Waals surface area contributed by atoms with Gasteiger partial charge in [0.1, 0.15) is 0 Å². The van der Waals surface area contributed by atoms with Gasteiger partial charge >= 0.3 is 5.97 Å². The van der Waals surface area contributed by atoms with E-state index in [1.807, 2.05) is 0 Å². The number of esters is 1. The van der Waals surface area contributed by atoms with Crippen molar-refractivity contribution in [2.45, 2.75) is 18.7 Å². The summed E-state index contributed by atoms with van der Waals surface area (Å²) in [5.74, 6) is -0.668. The van der Waals surface area contributed by atoms with E-state index in [0.29, 0.717) is 0 Å². The fourth-order valence-electron chi connectivity index (χ4n) is 1.56. The molecular formula is C12H10BrF2NO2. The minimum absolute atomic E-state index is 0.0519. The quantitative estimate of drug-likeness (QED) is 0.630. The van der Waals surface area contributed by atoms with E-state index in [9.17, 15) is 13.6 Å². The van der Waals surface area contributed by atoms with E-state index in [0.717, 1.165) is 0 Å². The van der Waals surface area contributed by atoms with Crippen molar-refractivity contribution in [3.8, 4) is 6.07 Å². The van der Waals surface area contributed by atoms with Gasteiger partial charge in [-0.2, -0.15) is 5.26 Å². The predicted octanol–water partition coefficient (Wildman–Crippen LogP) is 3.57. The number of alkyl halides is 3. The molecule has 0 saturated carbocycles. The molecule has 0 heterocycles. The van der Waals surface area contributed by atoms with Crippen LogP contribution in [0, 0.1) is 11.3 Å². The lowest BCUT2D eigenvalue weighted by Gasteiger charge is -2.13. The Morgan fingerprint density at radius 1 is 1.56 bits per heavy atom. The molecule has 0 aliphatic heterocycles. The van der Waals surface area contributed by atoms with E-state index in [2.05, 4.69) is 15.9 Å². The number of rotatable bonds is 4. The van der Waals surface area contributed by atoms with Crippen LogP contribution in [0.1, 0.15) is 40.4 Å². The van der Waals surface area contributed by atoms with Gasteiger partial charge in [-0.3, -0.25) is 0 Å². The van der Waals surface area contributed by atoms with E-state index in [4.69, 9.17) is 10.00 Å². The van der Waals surface area contributed by atoms with Gasteiger partial charge in [-0.05, 0) is 24.6 Å². The number of ether oxygens (including phenoxy) is 1. The molecule has 0 amide bonds. The molecule has 3 nitrogen and oxygen atoms in total. The van der Waals surface area contributed by atoms with Crippen molar-refractivity contribution in [1.82, 2.24) is 0 Å². The molecule has 1 aromatic rings. The standard InChI is InChI=1S/C12H10BrF2NO2/c1-2-18-12(17)8-4-3-7(6-16)10(11(14)15)9(8)5-13/h3-4,11H,2,5H2,1H3. The average molecular weight is 318 g/mol. The number of nitriles is 1. The highest BCUT2D eigenvalue weighted by Gasteiger charge is 2.23. The smallest absolute Gasteiger partial charge is 0.338 e. The Kier molecular flexibility index (Phi) is 5.23. The number of carbonyl (C=O) groups is 1. The molecule has 6 heteroatoms. The molecule has 0 atom stereocenters. The molecule has 18 heavy (non-hydrogen) atoms. The molecular weight excluding hydrogens is 308 g/mol. The third-order valence-electron chi connectivity index (χ3n) is 2.32. The van der Waals surface area contributed by atoms with Gasteiger partial charge in [0.25, 0.3) is 6.43 Å². The van der Waals surface area contributed by atoms with Gasteiger partial charge in [0.15, 0.2) is 0 Å². The van der Waals surface area contributed by atoms with Crippen molar-refractivity contribution < 1.29 is 18.3 Å². The van der Waals surface area contributed by atoms with Crippen molar-refractivity contribution in [2.75, 3.05) is 6.61 Å². The molecule has 0 bridgehead atoms. The van der Waals surface area contributed by atoms with Crippen LogP contribution in [0.3, 0.4) is 0 Å². The Bertz CT molecular complexity index is 498. The Morgan fingerprint density at radius 2 is 2.22 bits per heavy atom. The van der Waals surface area contributed by atoms with Gasteiger partial charge in [0.2, 0.25) is 0 Å². The minimum Gasteiger partial charge on any atom is -0.462 e. The molecule has 96 valence electrons. The number of hydrogen-bond donors (Lipinski definition) is 0. The zero-order valence-corrected chi connectivity index (χ0v) is 11.1. The van der Waals surface area contributed by atoms with Gasteiger partial charge in [-0.15, -0.1) is 0 Å². The zero-order chi connectivity index (χ0) is 13.7. The van der Waals surface area contributed by atoms with Gasteiger partial charge in [-0.25, -0.2) is 13.6 Å². The molecule has 1 aromatic carbocycles. The highest BCUT2D eigenvalue weighted by Crippen LogP contribution is 2.31. The second-order valence-corrected chi connectivity index (χ2v) is 3.88. The van der Waals surface area contributed by atoms with Crippen molar-refractivity contribution >= 4 is 21.9 Å². The van der Waals surface area contributed by atoms with Crippen LogP contribution in [0.2, 0.25) is 0 Å². The molecule has 0 aliphatic carbocycles. The maximum absolute atomic E-state index is 13.0.